The van der Waals surface area contributed by atoms with Crippen LogP contribution in [0.4, 0.5) is 26.1 Å². The van der Waals surface area contributed by atoms with Crippen LogP contribution in [0.15, 0.2) is 22.9 Å². The second-order valence-electron chi connectivity index (χ2n) is 4.30. The number of benzene rings is 1. The van der Waals surface area contributed by atoms with E-state index in [-0.39, 0.29) is 10.2 Å². The van der Waals surface area contributed by atoms with E-state index in [0.717, 1.165) is 17.7 Å². The van der Waals surface area contributed by atoms with Crippen LogP contribution in [0.5, 0.6) is 0 Å². The molecule has 0 saturated carbocycles. The van der Waals surface area contributed by atoms with Crippen LogP contribution in [-0.2, 0) is 6.42 Å². The van der Waals surface area contributed by atoms with Crippen LogP contribution in [0, 0.1) is 11.6 Å². The van der Waals surface area contributed by atoms with Crippen molar-refractivity contribution in [3.63, 3.8) is 0 Å². The summed E-state index contributed by atoms with van der Waals surface area (Å²) < 4.78 is 27.5. The Balaban J connectivity index is 2.40. The number of hydrogen-bond acceptors (Lipinski definition) is 4. The number of anilines is 3. The molecule has 1 aromatic carbocycles. The van der Waals surface area contributed by atoms with Crippen molar-refractivity contribution in [2.75, 3.05) is 17.2 Å². The molecule has 2 rings (SSSR count). The van der Waals surface area contributed by atoms with Crippen molar-refractivity contribution >= 4 is 33.3 Å². The number of rotatable bonds is 5. The van der Waals surface area contributed by atoms with Gasteiger partial charge in [-0.15, -0.1) is 0 Å². The average molecular weight is 357 g/mol. The van der Waals surface area contributed by atoms with Gasteiger partial charge in [-0.3, -0.25) is 0 Å². The highest BCUT2D eigenvalue weighted by Crippen LogP contribution is 2.28. The molecule has 1 aromatic heterocycles. The third-order valence-corrected chi connectivity index (χ3v) is 3.51. The minimum atomic E-state index is -0.561. The Morgan fingerprint density at radius 1 is 1.10 bits per heavy atom. The molecule has 0 spiro atoms. The highest BCUT2D eigenvalue weighted by molar-refractivity contribution is 9.10. The summed E-state index contributed by atoms with van der Waals surface area (Å²) in [5.41, 5.74) is 0.855. The zero-order valence-electron chi connectivity index (χ0n) is 11.7. The summed E-state index contributed by atoms with van der Waals surface area (Å²) in [6.07, 6.45) is 2.04. The van der Waals surface area contributed by atoms with Crippen LogP contribution in [0.3, 0.4) is 0 Å². The maximum Gasteiger partial charge on any atom is 0.148 e. The maximum absolute atomic E-state index is 13.9. The van der Waals surface area contributed by atoms with E-state index in [2.05, 4.69) is 36.5 Å². The predicted molar refractivity (Wildman–Crippen MR) is 82.9 cm³/mol. The Bertz CT molecular complexity index is 649. The molecule has 0 saturated heterocycles. The Morgan fingerprint density at radius 2 is 1.81 bits per heavy atom. The Labute approximate surface area is 130 Å². The average Bonchev–Trinajstić information content (AvgIpc) is 2.45. The van der Waals surface area contributed by atoms with E-state index >= 15 is 0 Å². The van der Waals surface area contributed by atoms with E-state index in [4.69, 9.17) is 0 Å². The molecule has 0 bridgehead atoms. The van der Waals surface area contributed by atoms with E-state index in [9.17, 15) is 8.78 Å². The minimum Gasteiger partial charge on any atom is -0.370 e. The summed E-state index contributed by atoms with van der Waals surface area (Å²) in [5, 5.41) is 5.95. The zero-order chi connectivity index (χ0) is 15.4. The normalized spacial score (nSPS) is 10.5. The van der Waals surface area contributed by atoms with Gasteiger partial charge in [-0.25, -0.2) is 18.7 Å². The van der Waals surface area contributed by atoms with E-state index in [0.29, 0.717) is 24.6 Å². The van der Waals surface area contributed by atoms with Gasteiger partial charge in [0.2, 0.25) is 0 Å². The van der Waals surface area contributed by atoms with Gasteiger partial charge in [0.25, 0.3) is 0 Å². The van der Waals surface area contributed by atoms with Crippen LogP contribution in [0.25, 0.3) is 0 Å². The largest absolute Gasteiger partial charge is 0.370 e. The first-order chi connectivity index (χ1) is 10.1. The molecule has 0 aliphatic heterocycles. The summed E-state index contributed by atoms with van der Waals surface area (Å²) in [5.74, 6) is 0.0476. The van der Waals surface area contributed by atoms with E-state index in [1.54, 1.807) is 0 Å². The molecule has 0 aliphatic rings. The number of halogens is 3. The van der Waals surface area contributed by atoms with Crippen molar-refractivity contribution in [2.45, 2.75) is 20.3 Å². The van der Waals surface area contributed by atoms with Crippen molar-refractivity contribution in [3.05, 3.63) is 40.1 Å². The lowest BCUT2D eigenvalue weighted by Crippen LogP contribution is -2.08. The van der Waals surface area contributed by atoms with E-state index in [1.165, 1.54) is 6.33 Å². The third kappa shape index (κ3) is 3.47. The maximum atomic E-state index is 13.9. The number of nitrogens with zero attached hydrogens (tertiary/aromatic N) is 2. The van der Waals surface area contributed by atoms with Gasteiger partial charge in [0, 0.05) is 18.2 Å². The van der Waals surface area contributed by atoms with Crippen LogP contribution in [-0.4, -0.2) is 16.5 Å². The minimum absolute atomic E-state index is 0.0338. The summed E-state index contributed by atoms with van der Waals surface area (Å²) in [6.45, 7) is 4.62. The highest BCUT2D eigenvalue weighted by Gasteiger charge is 2.13. The summed E-state index contributed by atoms with van der Waals surface area (Å²) in [6, 6.07) is 2.17. The third-order valence-electron chi connectivity index (χ3n) is 2.91. The number of aromatic nitrogens is 2. The van der Waals surface area contributed by atoms with Gasteiger partial charge in [0.05, 0.1) is 10.2 Å². The molecule has 0 radical (unpaired) electrons. The second-order valence-corrected chi connectivity index (χ2v) is 5.16. The highest BCUT2D eigenvalue weighted by atomic mass is 79.9. The molecule has 7 heteroatoms. The molecule has 4 nitrogen and oxygen atoms in total. The van der Waals surface area contributed by atoms with Crippen LogP contribution >= 0.6 is 15.9 Å². The molecule has 2 N–H and O–H groups in total. The molecule has 2 aromatic rings. The first-order valence-electron chi connectivity index (χ1n) is 6.56. The Hall–Kier alpha value is -1.76. The SMILES string of the molecule is CCNc1ncnc(Nc2cc(F)c(Br)cc2F)c1CC. The molecule has 0 unspecified atom stereocenters. The lowest BCUT2D eigenvalue weighted by Gasteiger charge is -2.14. The van der Waals surface area contributed by atoms with Crippen molar-refractivity contribution in [2.24, 2.45) is 0 Å². The molecule has 0 amide bonds. The predicted octanol–water partition coefficient (Wildman–Crippen LogP) is 4.26. The Kier molecular flexibility index (Phi) is 5.06. The van der Waals surface area contributed by atoms with Gasteiger partial charge < -0.3 is 10.6 Å². The van der Waals surface area contributed by atoms with Gasteiger partial charge in [0.1, 0.15) is 29.6 Å². The van der Waals surface area contributed by atoms with Crippen LogP contribution in [0.1, 0.15) is 19.4 Å². The quantitative estimate of drug-likeness (QED) is 0.786. The number of nitrogens with one attached hydrogen (secondary N) is 2. The lowest BCUT2D eigenvalue weighted by atomic mass is 10.2. The van der Waals surface area contributed by atoms with Crippen LogP contribution in [0.2, 0.25) is 0 Å². The van der Waals surface area contributed by atoms with Gasteiger partial charge in [-0.05, 0) is 35.3 Å². The smallest absolute Gasteiger partial charge is 0.148 e. The molecule has 21 heavy (non-hydrogen) atoms. The van der Waals surface area contributed by atoms with Gasteiger partial charge in [0.15, 0.2) is 0 Å². The van der Waals surface area contributed by atoms with E-state index in [1.807, 2.05) is 13.8 Å². The van der Waals surface area contributed by atoms with Crippen molar-refractivity contribution in [3.8, 4) is 0 Å². The standard InChI is InChI=1S/C14H15BrF2N4/c1-3-8-13(18-4-2)19-7-20-14(8)21-12-6-10(16)9(15)5-11(12)17/h5-7H,3-4H2,1-2H3,(H2,18,19,20,21). The van der Waals surface area contributed by atoms with Crippen LogP contribution < -0.4 is 10.6 Å². The second kappa shape index (κ2) is 6.80. The fourth-order valence-corrected chi connectivity index (χ4v) is 2.24. The van der Waals surface area contributed by atoms with E-state index < -0.39 is 11.6 Å². The van der Waals surface area contributed by atoms with Gasteiger partial charge in [-0.1, -0.05) is 6.92 Å². The first-order valence-corrected chi connectivity index (χ1v) is 7.35. The zero-order valence-corrected chi connectivity index (χ0v) is 13.3. The topological polar surface area (TPSA) is 49.8 Å². The molecular formula is C14H15BrF2N4. The summed E-state index contributed by atoms with van der Waals surface area (Å²) in [4.78, 5) is 8.28. The fraction of sp³-hybridized carbons (Fsp3) is 0.286. The number of hydrogen-bond donors (Lipinski definition) is 2. The van der Waals surface area contributed by atoms with Gasteiger partial charge >= 0.3 is 0 Å². The Morgan fingerprint density at radius 3 is 2.48 bits per heavy atom. The summed E-state index contributed by atoms with van der Waals surface area (Å²) >= 11 is 2.95. The molecule has 0 atom stereocenters. The summed E-state index contributed by atoms with van der Waals surface area (Å²) in [7, 11) is 0. The molecule has 1 heterocycles. The van der Waals surface area contributed by atoms with Gasteiger partial charge in [-0.2, -0.15) is 0 Å². The molecule has 0 aliphatic carbocycles. The molecular weight excluding hydrogens is 342 g/mol. The molecule has 112 valence electrons. The van der Waals surface area contributed by atoms with Crippen molar-refractivity contribution in [1.29, 1.82) is 0 Å². The first kappa shape index (κ1) is 15.6. The monoisotopic (exact) mass is 356 g/mol. The fourth-order valence-electron chi connectivity index (χ4n) is 1.92. The van der Waals surface area contributed by atoms with Crippen molar-refractivity contribution < 1.29 is 8.78 Å². The van der Waals surface area contributed by atoms with Crippen molar-refractivity contribution in [1.82, 2.24) is 9.97 Å². The lowest BCUT2D eigenvalue weighted by molar-refractivity contribution is 0.597. The molecule has 0 fully saturated rings.